The van der Waals surface area contributed by atoms with Crippen molar-refractivity contribution in [2.45, 2.75) is 30.3 Å². The van der Waals surface area contributed by atoms with E-state index in [9.17, 15) is 22.8 Å². The van der Waals surface area contributed by atoms with Gasteiger partial charge in [0.25, 0.3) is 5.91 Å². The Morgan fingerprint density at radius 2 is 1.86 bits per heavy atom. The number of fused-ring (bicyclic) bond motifs is 1. The average Bonchev–Trinajstić information content (AvgIpc) is 3.18. The van der Waals surface area contributed by atoms with Gasteiger partial charge in [-0.25, -0.2) is 17.8 Å². The van der Waals surface area contributed by atoms with Gasteiger partial charge < -0.3 is 14.5 Å². The van der Waals surface area contributed by atoms with E-state index in [1.807, 2.05) is 0 Å². The number of carbonyl (C=O) groups excluding carboxylic acids is 3. The monoisotopic (exact) mass is 517 g/mol. The molecule has 1 unspecified atom stereocenters. The largest absolute Gasteiger partial charge is 0.481 e. The summed E-state index contributed by atoms with van der Waals surface area (Å²) in [5.74, 6) is -1.65. The lowest BCUT2D eigenvalue weighted by Crippen LogP contribution is -2.52. The van der Waals surface area contributed by atoms with Crippen molar-refractivity contribution in [2.24, 2.45) is 0 Å². The number of halogens is 1. The number of methoxy groups -OCH3 is 1. The van der Waals surface area contributed by atoms with Crippen molar-refractivity contribution in [1.29, 1.82) is 0 Å². The van der Waals surface area contributed by atoms with Gasteiger partial charge in [-0.15, -0.1) is 0 Å². The van der Waals surface area contributed by atoms with Gasteiger partial charge in [-0.3, -0.25) is 19.7 Å². The van der Waals surface area contributed by atoms with Gasteiger partial charge in [-0.1, -0.05) is 0 Å². The molecule has 0 radical (unpaired) electrons. The first-order chi connectivity index (χ1) is 17.2. The van der Waals surface area contributed by atoms with Gasteiger partial charge in [0.2, 0.25) is 27.7 Å². The Balaban J connectivity index is 1.30. The first-order valence-electron chi connectivity index (χ1n) is 11.4. The summed E-state index contributed by atoms with van der Waals surface area (Å²) >= 11 is 0. The van der Waals surface area contributed by atoms with Crippen LogP contribution in [0.25, 0.3) is 0 Å². The van der Waals surface area contributed by atoms with Crippen molar-refractivity contribution in [3.8, 4) is 5.88 Å². The summed E-state index contributed by atoms with van der Waals surface area (Å²) in [7, 11) is -2.33. The SMILES string of the molecule is COc1ccc(S(=O)(=O)N2CCN(c3cc4c(cc3F)C(=O)N(C3CCC(=O)NC3=O)C4)CC2)cn1. The molecule has 3 aliphatic heterocycles. The predicted molar refractivity (Wildman–Crippen MR) is 124 cm³/mol. The van der Waals surface area contributed by atoms with Crippen LogP contribution in [0.1, 0.15) is 28.8 Å². The number of sulfonamides is 1. The molecule has 0 bridgehead atoms. The third-order valence-corrected chi connectivity index (χ3v) is 8.61. The first kappa shape index (κ1) is 24.1. The molecule has 13 heteroatoms. The summed E-state index contributed by atoms with van der Waals surface area (Å²) in [5.41, 5.74) is 1.05. The fourth-order valence-electron chi connectivity index (χ4n) is 4.78. The van der Waals surface area contributed by atoms with Gasteiger partial charge in [0.1, 0.15) is 16.8 Å². The number of amides is 3. The number of hydrogen-bond donors (Lipinski definition) is 1. The number of carbonyl (C=O) groups is 3. The van der Waals surface area contributed by atoms with Crippen molar-refractivity contribution in [3.63, 3.8) is 0 Å². The number of pyridine rings is 1. The Bertz CT molecular complexity index is 1340. The number of ether oxygens (including phenoxy) is 1. The minimum absolute atomic E-state index is 0.0486. The lowest BCUT2D eigenvalue weighted by molar-refractivity contribution is -0.136. The fraction of sp³-hybridized carbons (Fsp3) is 0.391. The molecular formula is C23H24FN5O6S. The molecule has 2 fully saturated rings. The van der Waals surface area contributed by atoms with Gasteiger partial charge in [0.05, 0.1) is 19.0 Å². The van der Waals surface area contributed by atoms with Gasteiger partial charge in [0, 0.05) is 50.8 Å². The maximum absolute atomic E-state index is 15.1. The Kier molecular flexibility index (Phi) is 6.12. The van der Waals surface area contributed by atoms with Crippen molar-refractivity contribution in [2.75, 3.05) is 38.2 Å². The number of hydrogen-bond acceptors (Lipinski definition) is 8. The lowest BCUT2D eigenvalue weighted by Gasteiger charge is -2.35. The van der Waals surface area contributed by atoms with E-state index in [0.29, 0.717) is 11.4 Å². The average molecular weight is 518 g/mol. The van der Waals surface area contributed by atoms with E-state index in [1.165, 1.54) is 40.7 Å². The standard InChI is InChI=1S/C23H24FN5O6S/c1-35-21-5-2-15(12-25-21)36(33,34)28-8-6-27(7-9-28)19-10-14-13-29(23(32)16(14)11-17(19)24)18-3-4-20(30)26-22(18)31/h2,5,10-12,18H,3-4,6-9,13H2,1H3,(H,26,30,31). The molecule has 0 saturated carbocycles. The molecule has 5 rings (SSSR count). The smallest absolute Gasteiger partial charge is 0.255 e. The lowest BCUT2D eigenvalue weighted by atomic mass is 10.0. The van der Waals surface area contributed by atoms with Crippen LogP contribution in [0.3, 0.4) is 0 Å². The number of rotatable bonds is 5. The zero-order chi connectivity index (χ0) is 25.6. The highest BCUT2D eigenvalue weighted by atomic mass is 32.2. The van der Waals surface area contributed by atoms with Crippen LogP contribution in [0.2, 0.25) is 0 Å². The summed E-state index contributed by atoms with van der Waals surface area (Å²) < 4.78 is 47.3. The third kappa shape index (κ3) is 4.17. The molecular weight excluding hydrogens is 493 g/mol. The number of aromatic nitrogens is 1. The normalized spacial score (nSPS) is 20.9. The predicted octanol–water partition coefficient (Wildman–Crippen LogP) is 0.501. The Morgan fingerprint density at radius 3 is 2.50 bits per heavy atom. The second-order valence-electron chi connectivity index (χ2n) is 8.79. The molecule has 4 heterocycles. The van der Waals surface area contributed by atoms with Gasteiger partial charge in [0.15, 0.2) is 0 Å². The van der Waals surface area contributed by atoms with Crippen LogP contribution in [0.5, 0.6) is 5.88 Å². The van der Waals surface area contributed by atoms with E-state index >= 15 is 4.39 Å². The summed E-state index contributed by atoms with van der Waals surface area (Å²) in [6, 6.07) is 4.88. The topological polar surface area (TPSA) is 129 Å². The van der Waals surface area contributed by atoms with Crippen LogP contribution in [-0.4, -0.2) is 79.7 Å². The van der Waals surface area contributed by atoms with Crippen molar-refractivity contribution < 1.29 is 31.9 Å². The molecule has 1 atom stereocenters. The second-order valence-corrected chi connectivity index (χ2v) is 10.7. The van der Waals surface area contributed by atoms with Crippen LogP contribution in [0.15, 0.2) is 35.4 Å². The quantitative estimate of drug-likeness (QED) is 0.568. The maximum Gasteiger partial charge on any atom is 0.255 e. The van der Waals surface area contributed by atoms with Crippen molar-refractivity contribution in [3.05, 3.63) is 47.4 Å². The van der Waals surface area contributed by atoms with Crippen molar-refractivity contribution >= 4 is 33.4 Å². The Hall–Kier alpha value is -3.58. The third-order valence-electron chi connectivity index (χ3n) is 6.73. The highest BCUT2D eigenvalue weighted by Gasteiger charge is 2.40. The van der Waals surface area contributed by atoms with Crippen LogP contribution in [-0.2, 0) is 26.2 Å². The van der Waals surface area contributed by atoms with E-state index in [2.05, 4.69) is 10.3 Å². The molecule has 1 aromatic heterocycles. The number of imide groups is 1. The number of benzene rings is 1. The number of nitrogens with zero attached hydrogens (tertiary/aromatic N) is 4. The van der Waals surface area contributed by atoms with Crippen LogP contribution in [0.4, 0.5) is 10.1 Å². The van der Waals surface area contributed by atoms with Gasteiger partial charge >= 0.3 is 0 Å². The minimum atomic E-state index is -3.77. The van der Waals surface area contributed by atoms with E-state index in [1.54, 1.807) is 11.0 Å². The van der Waals surface area contributed by atoms with E-state index in [-0.39, 0.29) is 67.6 Å². The molecule has 2 aromatic rings. The molecule has 0 spiro atoms. The molecule has 36 heavy (non-hydrogen) atoms. The summed E-state index contributed by atoms with van der Waals surface area (Å²) in [4.78, 5) is 43.7. The number of nitrogens with one attached hydrogen (secondary N) is 1. The molecule has 1 aromatic carbocycles. The molecule has 11 nitrogen and oxygen atoms in total. The highest BCUT2D eigenvalue weighted by Crippen LogP contribution is 2.33. The minimum Gasteiger partial charge on any atom is -0.481 e. The number of piperidine rings is 1. The van der Waals surface area contributed by atoms with E-state index in [4.69, 9.17) is 4.74 Å². The van der Waals surface area contributed by atoms with Gasteiger partial charge in [-0.05, 0) is 30.2 Å². The van der Waals surface area contributed by atoms with Crippen LogP contribution < -0.4 is 15.0 Å². The number of piperazine rings is 1. The number of anilines is 1. The molecule has 3 amide bonds. The van der Waals surface area contributed by atoms with E-state index < -0.39 is 33.7 Å². The summed E-state index contributed by atoms with van der Waals surface area (Å²) in [6.45, 7) is 0.928. The molecule has 1 N–H and O–H groups in total. The van der Waals surface area contributed by atoms with Crippen LogP contribution >= 0.6 is 0 Å². The summed E-state index contributed by atoms with van der Waals surface area (Å²) in [5, 5.41) is 2.24. The maximum atomic E-state index is 15.1. The van der Waals surface area contributed by atoms with E-state index in [0.717, 1.165) is 0 Å². The summed E-state index contributed by atoms with van der Waals surface area (Å²) in [6.07, 6.45) is 1.60. The Labute approximate surface area is 206 Å². The Morgan fingerprint density at radius 1 is 1.11 bits per heavy atom. The van der Waals surface area contributed by atoms with Crippen LogP contribution in [0, 0.1) is 5.82 Å². The zero-order valence-electron chi connectivity index (χ0n) is 19.4. The first-order valence-corrected chi connectivity index (χ1v) is 12.9. The molecule has 3 aliphatic rings. The zero-order valence-corrected chi connectivity index (χ0v) is 20.3. The molecule has 190 valence electrons. The molecule has 0 aliphatic carbocycles. The molecule has 2 saturated heterocycles. The fourth-order valence-corrected chi connectivity index (χ4v) is 6.15. The van der Waals surface area contributed by atoms with Gasteiger partial charge in [-0.2, -0.15) is 4.31 Å². The second kappa shape index (κ2) is 9.13. The highest BCUT2D eigenvalue weighted by molar-refractivity contribution is 7.89. The van der Waals surface area contributed by atoms with Crippen molar-refractivity contribution in [1.82, 2.24) is 19.5 Å².